The first-order valence-corrected chi connectivity index (χ1v) is 7.29. The summed E-state index contributed by atoms with van der Waals surface area (Å²) < 4.78 is 32.2. The van der Waals surface area contributed by atoms with E-state index in [0.29, 0.717) is 10.8 Å². The third-order valence-corrected chi connectivity index (χ3v) is 3.33. The Kier molecular flexibility index (Phi) is 5.93. The summed E-state index contributed by atoms with van der Waals surface area (Å²) in [5.41, 5.74) is -0.619. The van der Waals surface area contributed by atoms with Crippen LogP contribution in [0.4, 0.5) is 20.2 Å². The molecule has 0 radical (unpaired) electrons. The minimum absolute atomic E-state index is 0.248. The van der Waals surface area contributed by atoms with Gasteiger partial charge in [-0.1, -0.05) is 17.7 Å². The Morgan fingerprint density at radius 1 is 1.28 bits per heavy atom. The Morgan fingerprint density at radius 3 is 2.56 bits per heavy atom. The topological polar surface area (TPSA) is 74.1 Å². The highest BCUT2D eigenvalue weighted by atomic mass is 35.5. The summed E-state index contributed by atoms with van der Waals surface area (Å²) in [6, 6.07) is 9.49. The van der Waals surface area contributed by atoms with Gasteiger partial charge in [-0.15, -0.1) is 0 Å². The minimum atomic E-state index is -0.856. The maximum Gasteiger partial charge on any atom is 0.267 e. The van der Waals surface area contributed by atoms with Crippen molar-refractivity contribution in [1.29, 1.82) is 5.26 Å². The summed E-state index contributed by atoms with van der Waals surface area (Å²) in [7, 11) is 1.41. The first-order valence-electron chi connectivity index (χ1n) is 6.92. The number of amides is 1. The van der Waals surface area contributed by atoms with Crippen LogP contribution in [-0.4, -0.2) is 13.0 Å². The lowest BCUT2D eigenvalue weighted by Crippen LogP contribution is -2.15. The highest BCUT2D eigenvalue weighted by Gasteiger charge is 2.14. The number of hydrogen-bond donors (Lipinski definition) is 2. The molecular weight excluding hydrogens is 352 g/mol. The summed E-state index contributed by atoms with van der Waals surface area (Å²) in [5, 5.41) is 14.2. The molecule has 1 amide bonds. The summed E-state index contributed by atoms with van der Waals surface area (Å²) in [6.45, 7) is 0. The van der Waals surface area contributed by atoms with Gasteiger partial charge in [0.1, 0.15) is 34.7 Å². The molecule has 2 aromatic carbocycles. The molecule has 0 aliphatic carbocycles. The number of ether oxygens (including phenoxy) is 1. The average molecular weight is 364 g/mol. The van der Waals surface area contributed by atoms with Crippen molar-refractivity contribution in [3.8, 4) is 11.8 Å². The molecule has 25 heavy (non-hydrogen) atoms. The lowest BCUT2D eigenvalue weighted by Gasteiger charge is -2.10. The number of anilines is 2. The van der Waals surface area contributed by atoms with E-state index in [4.69, 9.17) is 21.6 Å². The molecule has 0 atom stereocenters. The third-order valence-electron chi connectivity index (χ3n) is 3.10. The van der Waals surface area contributed by atoms with Gasteiger partial charge in [0.25, 0.3) is 5.91 Å². The van der Waals surface area contributed by atoms with Crippen molar-refractivity contribution in [3.63, 3.8) is 0 Å². The molecular formula is C17H12ClF2N3O2. The van der Waals surface area contributed by atoms with E-state index in [2.05, 4.69) is 10.6 Å². The van der Waals surface area contributed by atoms with E-state index in [-0.39, 0.29) is 5.69 Å². The fourth-order valence-electron chi connectivity index (χ4n) is 1.90. The molecule has 128 valence electrons. The summed E-state index contributed by atoms with van der Waals surface area (Å²) >= 11 is 5.86. The van der Waals surface area contributed by atoms with Crippen LogP contribution in [0.5, 0.6) is 5.75 Å². The van der Waals surface area contributed by atoms with E-state index in [1.54, 1.807) is 18.2 Å². The lowest BCUT2D eigenvalue weighted by molar-refractivity contribution is -0.112. The predicted octanol–water partition coefficient (Wildman–Crippen LogP) is 4.08. The number of hydrogen-bond acceptors (Lipinski definition) is 4. The number of carbonyl (C=O) groups excluding carboxylic acids is 1. The number of nitriles is 1. The van der Waals surface area contributed by atoms with Crippen molar-refractivity contribution in [2.75, 3.05) is 17.7 Å². The van der Waals surface area contributed by atoms with E-state index >= 15 is 0 Å². The van der Waals surface area contributed by atoms with Crippen LogP contribution in [0.15, 0.2) is 48.2 Å². The Hall–Kier alpha value is -3.11. The van der Waals surface area contributed by atoms with Crippen LogP contribution < -0.4 is 15.4 Å². The standard InChI is InChI=1S/C17H12ClF2N3O2/c1-25-15-6-5-11(18)7-14(15)23-17(24)10(8-21)9-22-16-12(19)3-2-4-13(16)20/h2-7,9,22H,1H3,(H,23,24)/b10-9-. The highest BCUT2D eigenvalue weighted by Crippen LogP contribution is 2.28. The number of nitrogens with zero attached hydrogens (tertiary/aromatic N) is 1. The molecule has 2 rings (SSSR count). The Labute approximate surface area is 147 Å². The van der Waals surface area contributed by atoms with Crippen LogP contribution in [0.25, 0.3) is 0 Å². The molecule has 0 bridgehead atoms. The average Bonchev–Trinajstić information content (AvgIpc) is 2.58. The van der Waals surface area contributed by atoms with Crippen molar-refractivity contribution in [2.24, 2.45) is 0 Å². The molecule has 0 aromatic heterocycles. The zero-order valence-corrected chi connectivity index (χ0v) is 13.7. The van der Waals surface area contributed by atoms with Gasteiger partial charge in [0, 0.05) is 11.2 Å². The molecule has 0 unspecified atom stereocenters. The van der Waals surface area contributed by atoms with Crippen molar-refractivity contribution in [2.45, 2.75) is 0 Å². The summed E-state index contributed by atoms with van der Waals surface area (Å²) in [6.07, 6.45) is 0.911. The number of methoxy groups -OCH3 is 1. The van der Waals surface area contributed by atoms with Gasteiger partial charge in [0.2, 0.25) is 0 Å². The summed E-state index contributed by atoms with van der Waals surface area (Å²) in [5.74, 6) is -2.17. The van der Waals surface area contributed by atoms with Gasteiger partial charge >= 0.3 is 0 Å². The molecule has 2 aromatic rings. The van der Waals surface area contributed by atoms with Gasteiger partial charge < -0.3 is 15.4 Å². The smallest absolute Gasteiger partial charge is 0.267 e. The number of nitrogens with one attached hydrogen (secondary N) is 2. The molecule has 0 aliphatic rings. The van der Waals surface area contributed by atoms with Gasteiger partial charge in [0.15, 0.2) is 0 Å². The number of rotatable bonds is 5. The van der Waals surface area contributed by atoms with Crippen molar-refractivity contribution in [3.05, 3.63) is 64.8 Å². The Bertz CT molecular complexity index is 858. The van der Waals surface area contributed by atoms with Gasteiger partial charge in [-0.2, -0.15) is 5.26 Å². The van der Waals surface area contributed by atoms with Crippen molar-refractivity contribution >= 4 is 28.9 Å². The fourth-order valence-corrected chi connectivity index (χ4v) is 2.07. The lowest BCUT2D eigenvalue weighted by atomic mass is 10.2. The molecule has 0 saturated heterocycles. The normalized spacial score (nSPS) is 10.8. The molecule has 2 N–H and O–H groups in total. The van der Waals surface area contributed by atoms with Crippen LogP contribution in [0.2, 0.25) is 5.02 Å². The second kappa shape index (κ2) is 8.13. The second-order valence-corrected chi connectivity index (χ2v) is 5.15. The van der Waals surface area contributed by atoms with Crippen LogP contribution in [0.3, 0.4) is 0 Å². The molecule has 0 fully saturated rings. The molecule has 0 spiro atoms. The molecule has 0 aliphatic heterocycles. The molecule has 0 heterocycles. The summed E-state index contributed by atoms with van der Waals surface area (Å²) in [4.78, 5) is 12.2. The quantitative estimate of drug-likeness (QED) is 0.620. The fraction of sp³-hybridized carbons (Fsp3) is 0.0588. The number of carbonyl (C=O) groups is 1. The SMILES string of the molecule is COc1ccc(Cl)cc1NC(=O)/C(C#N)=C\Nc1c(F)cccc1F. The zero-order valence-electron chi connectivity index (χ0n) is 12.9. The molecule has 8 heteroatoms. The van der Waals surface area contributed by atoms with E-state index < -0.39 is 28.8 Å². The second-order valence-electron chi connectivity index (χ2n) is 4.71. The van der Waals surface area contributed by atoms with Gasteiger partial charge in [0.05, 0.1) is 12.8 Å². The van der Waals surface area contributed by atoms with Crippen molar-refractivity contribution < 1.29 is 18.3 Å². The predicted molar refractivity (Wildman–Crippen MR) is 90.3 cm³/mol. The third kappa shape index (κ3) is 4.46. The van der Waals surface area contributed by atoms with Gasteiger partial charge in [-0.3, -0.25) is 4.79 Å². The highest BCUT2D eigenvalue weighted by molar-refractivity contribution is 6.31. The number of para-hydroxylation sites is 1. The molecule has 5 nitrogen and oxygen atoms in total. The Morgan fingerprint density at radius 2 is 1.96 bits per heavy atom. The van der Waals surface area contributed by atoms with E-state index in [0.717, 1.165) is 18.3 Å². The van der Waals surface area contributed by atoms with E-state index in [9.17, 15) is 13.6 Å². The number of benzene rings is 2. The first kappa shape index (κ1) is 18.2. The van der Waals surface area contributed by atoms with Crippen LogP contribution in [0.1, 0.15) is 0 Å². The largest absolute Gasteiger partial charge is 0.495 e. The molecule has 0 saturated carbocycles. The van der Waals surface area contributed by atoms with Crippen LogP contribution >= 0.6 is 11.6 Å². The van der Waals surface area contributed by atoms with E-state index in [1.807, 2.05) is 0 Å². The van der Waals surface area contributed by atoms with Gasteiger partial charge in [-0.05, 0) is 30.3 Å². The first-order chi connectivity index (χ1) is 12.0. The Balaban J connectivity index is 2.22. The number of halogens is 3. The maximum absolute atomic E-state index is 13.5. The zero-order chi connectivity index (χ0) is 18.4. The van der Waals surface area contributed by atoms with Gasteiger partial charge in [-0.25, -0.2) is 8.78 Å². The van der Waals surface area contributed by atoms with Crippen molar-refractivity contribution in [1.82, 2.24) is 0 Å². The minimum Gasteiger partial charge on any atom is -0.495 e. The van der Waals surface area contributed by atoms with Crippen LogP contribution in [-0.2, 0) is 4.79 Å². The monoisotopic (exact) mass is 363 g/mol. The maximum atomic E-state index is 13.5. The van der Waals surface area contributed by atoms with Crippen LogP contribution in [0, 0.1) is 23.0 Å². The van der Waals surface area contributed by atoms with E-state index in [1.165, 1.54) is 19.2 Å².